The molecule has 23 heavy (non-hydrogen) atoms. The van der Waals surface area contributed by atoms with E-state index in [0.29, 0.717) is 16.6 Å². The molecule has 0 radical (unpaired) electrons. The number of imidazole rings is 1. The van der Waals surface area contributed by atoms with Gasteiger partial charge in [0.25, 0.3) is 0 Å². The summed E-state index contributed by atoms with van der Waals surface area (Å²) < 4.78 is 7.90. The summed E-state index contributed by atoms with van der Waals surface area (Å²) in [6.07, 6.45) is 6.62. The van der Waals surface area contributed by atoms with Crippen molar-refractivity contribution >= 4 is 23.2 Å². The summed E-state index contributed by atoms with van der Waals surface area (Å²) in [5.41, 5.74) is 0.883. The molecule has 0 unspecified atom stereocenters. The van der Waals surface area contributed by atoms with Crippen molar-refractivity contribution in [3.63, 3.8) is 0 Å². The Morgan fingerprint density at radius 2 is 1.96 bits per heavy atom. The van der Waals surface area contributed by atoms with Crippen molar-refractivity contribution in [2.45, 2.75) is 19.5 Å². The second-order valence-corrected chi connectivity index (χ2v) is 6.13. The van der Waals surface area contributed by atoms with Crippen LogP contribution in [0.15, 0.2) is 53.5 Å². The highest BCUT2D eigenvalue weighted by molar-refractivity contribution is 6.35. The molecule has 3 aromatic rings. The summed E-state index contributed by atoms with van der Waals surface area (Å²) in [6.45, 7) is 2.56. The van der Waals surface area contributed by atoms with Gasteiger partial charge in [-0.25, -0.2) is 4.98 Å². The summed E-state index contributed by atoms with van der Waals surface area (Å²) in [5.74, 6) is 1.66. The molecule has 1 aromatic carbocycles. The van der Waals surface area contributed by atoms with E-state index in [1.807, 2.05) is 36.8 Å². The smallest absolute Gasteiger partial charge is 0.134 e. The molecule has 0 spiro atoms. The van der Waals surface area contributed by atoms with Crippen molar-refractivity contribution in [2.24, 2.45) is 0 Å². The molecule has 0 aliphatic carbocycles. The van der Waals surface area contributed by atoms with Crippen molar-refractivity contribution in [1.29, 1.82) is 0 Å². The van der Waals surface area contributed by atoms with Crippen molar-refractivity contribution in [3.8, 4) is 11.3 Å². The van der Waals surface area contributed by atoms with Crippen molar-refractivity contribution in [3.05, 3.63) is 64.9 Å². The van der Waals surface area contributed by atoms with E-state index < -0.39 is 0 Å². The Morgan fingerprint density at radius 1 is 1.13 bits per heavy atom. The highest BCUT2D eigenvalue weighted by Crippen LogP contribution is 2.28. The number of benzene rings is 1. The van der Waals surface area contributed by atoms with Crippen molar-refractivity contribution in [1.82, 2.24) is 14.9 Å². The quantitative estimate of drug-likeness (QED) is 0.632. The molecule has 120 valence electrons. The maximum Gasteiger partial charge on any atom is 0.134 e. The molecule has 1 N–H and O–H groups in total. The number of nitrogens with zero attached hydrogens (tertiary/aromatic N) is 2. The van der Waals surface area contributed by atoms with Crippen LogP contribution >= 0.6 is 23.2 Å². The van der Waals surface area contributed by atoms with Gasteiger partial charge in [0.15, 0.2) is 0 Å². The van der Waals surface area contributed by atoms with Gasteiger partial charge in [0, 0.05) is 34.5 Å². The van der Waals surface area contributed by atoms with Gasteiger partial charge in [-0.2, -0.15) is 0 Å². The molecule has 2 aromatic heterocycles. The molecular formula is C17H17Cl2N3O. The van der Waals surface area contributed by atoms with Gasteiger partial charge in [0.1, 0.15) is 11.5 Å². The lowest BCUT2D eigenvalue weighted by Crippen LogP contribution is -2.15. The lowest BCUT2D eigenvalue weighted by Gasteiger charge is -2.04. The molecule has 2 heterocycles. The van der Waals surface area contributed by atoms with Crippen LogP contribution in [0.4, 0.5) is 0 Å². The lowest BCUT2D eigenvalue weighted by atomic mass is 10.2. The third kappa shape index (κ3) is 4.61. The molecule has 0 fully saturated rings. The summed E-state index contributed by atoms with van der Waals surface area (Å²) in [5, 5.41) is 4.57. The second-order valence-electron chi connectivity index (χ2n) is 5.25. The van der Waals surface area contributed by atoms with E-state index in [4.69, 9.17) is 27.6 Å². The Balaban J connectivity index is 1.49. The van der Waals surface area contributed by atoms with Crippen molar-refractivity contribution in [2.75, 3.05) is 6.54 Å². The molecule has 0 amide bonds. The Hall–Kier alpha value is -1.75. The van der Waals surface area contributed by atoms with Crippen LogP contribution in [-0.2, 0) is 13.1 Å². The van der Waals surface area contributed by atoms with Crippen molar-refractivity contribution < 1.29 is 4.42 Å². The number of furan rings is 1. The second kappa shape index (κ2) is 7.68. The highest BCUT2D eigenvalue weighted by atomic mass is 35.5. The van der Waals surface area contributed by atoms with Crippen LogP contribution < -0.4 is 5.32 Å². The van der Waals surface area contributed by atoms with Crippen LogP contribution in [0.2, 0.25) is 10.0 Å². The molecule has 0 bridgehead atoms. The fourth-order valence-corrected chi connectivity index (χ4v) is 2.87. The first kappa shape index (κ1) is 16.1. The predicted molar refractivity (Wildman–Crippen MR) is 92.7 cm³/mol. The van der Waals surface area contributed by atoms with E-state index in [2.05, 4.69) is 14.9 Å². The van der Waals surface area contributed by atoms with Crippen LogP contribution in [0.5, 0.6) is 0 Å². The minimum absolute atomic E-state index is 0.600. The Morgan fingerprint density at radius 3 is 2.70 bits per heavy atom. The van der Waals surface area contributed by atoms with Crippen LogP contribution in [0.25, 0.3) is 11.3 Å². The van der Waals surface area contributed by atoms with E-state index in [0.717, 1.165) is 36.6 Å². The number of hydrogen-bond donors (Lipinski definition) is 1. The summed E-state index contributed by atoms with van der Waals surface area (Å²) in [6, 6.07) is 9.29. The monoisotopic (exact) mass is 349 g/mol. The minimum atomic E-state index is 0.600. The van der Waals surface area contributed by atoms with Gasteiger partial charge >= 0.3 is 0 Å². The van der Waals surface area contributed by atoms with Gasteiger partial charge in [-0.3, -0.25) is 0 Å². The van der Waals surface area contributed by atoms with E-state index in [1.165, 1.54) is 0 Å². The number of aromatic nitrogens is 2. The average Bonchev–Trinajstić information content (AvgIpc) is 3.17. The molecular weight excluding hydrogens is 333 g/mol. The number of hydrogen-bond acceptors (Lipinski definition) is 3. The van der Waals surface area contributed by atoms with Gasteiger partial charge in [0.05, 0.1) is 12.9 Å². The Labute approximate surface area is 145 Å². The SMILES string of the molecule is Clc1cc(Cl)cc(-c2ccc(CNCCCn3ccnc3)o2)c1. The van der Waals surface area contributed by atoms with Crippen LogP contribution in [0.1, 0.15) is 12.2 Å². The largest absolute Gasteiger partial charge is 0.460 e. The predicted octanol–water partition coefficient (Wildman–Crippen LogP) is 4.63. The number of nitrogens with one attached hydrogen (secondary N) is 1. The van der Waals surface area contributed by atoms with Gasteiger partial charge in [0.2, 0.25) is 0 Å². The van der Waals surface area contributed by atoms with E-state index in [9.17, 15) is 0 Å². The van der Waals surface area contributed by atoms with Gasteiger partial charge in [-0.1, -0.05) is 23.2 Å². The number of halogens is 2. The summed E-state index contributed by atoms with van der Waals surface area (Å²) >= 11 is 12.0. The zero-order valence-corrected chi connectivity index (χ0v) is 14.0. The molecule has 3 rings (SSSR count). The topological polar surface area (TPSA) is 43.0 Å². The minimum Gasteiger partial charge on any atom is -0.460 e. The third-order valence-corrected chi connectivity index (χ3v) is 3.87. The van der Waals surface area contributed by atoms with Crippen LogP contribution in [0, 0.1) is 0 Å². The Bertz CT molecular complexity index is 733. The molecule has 0 saturated carbocycles. The maximum absolute atomic E-state index is 6.02. The van der Waals surface area contributed by atoms with Gasteiger partial charge in [-0.05, 0) is 43.3 Å². The van der Waals surface area contributed by atoms with Crippen LogP contribution in [-0.4, -0.2) is 16.1 Å². The molecule has 6 heteroatoms. The lowest BCUT2D eigenvalue weighted by molar-refractivity contribution is 0.484. The fourth-order valence-electron chi connectivity index (χ4n) is 2.34. The molecule has 4 nitrogen and oxygen atoms in total. The molecule has 0 saturated heterocycles. The first-order valence-corrected chi connectivity index (χ1v) is 8.18. The first-order valence-electron chi connectivity index (χ1n) is 7.42. The fraction of sp³-hybridized carbons (Fsp3) is 0.235. The van der Waals surface area contributed by atoms with E-state index >= 15 is 0 Å². The zero-order chi connectivity index (χ0) is 16.1. The summed E-state index contributed by atoms with van der Waals surface area (Å²) in [7, 11) is 0. The first-order chi connectivity index (χ1) is 11.2. The molecule has 0 atom stereocenters. The van der Waals surface area contributed by atoms with Gasteiger partial charge in [-0.15, -0.1) is 0 Å². The Kier molecular flexibility index (Phi) is 5.39. The molecule has 0 aliphatic heterocycles. The number of aryl methyl sites for hydroxylation is 1. The maximum atomic E-state index is 6.02. The van der Waals surface area contributed by atoms with Gasteiger partial charge < -0.3 is 14.3 Å². The zero-order valence-electron chi connectivity index (χ0n) is 12.5. The average molecular weight is 350 g/mol. The van der Waals surface area contributed by atoms with Crippen LogP contribution in [0.3, 0.4) is 0 Å². The van der Waals surface area contributed by atoms with E-state index in [-0.39, 0.29) is 0 Å². The van der Waals surface area contributed by atoms with E-state index in [1.54, 1.807) is 12.3 Å². The highest BCUT2D eigenvalue weighted by Gasteiger charge is 2.07. The number of rotatable bonds is 7. The summed E-state index contributed by atoms with van der Waals surface area (Å²) in [4.78, 5) is 4.02. The third-order valence-electron chi connectivity index (χ3n) is 3.44. The normalized spacial score (nSPS) is 11.0. The standard InChI is InChI=1S/C17H17Cl2N3O/c18-14-8-13(9-15(19)10-14)17-3-2-16(23-17)11-20-4-1-6-22-7-5-21-12-22/h2-3,5,7-10,12,20H,1,4,6,11H2. The molecule has 0 aliphatic rings.